The zero-order valence-electron chi connectivity index (χ0n) is 12.7. The van der Waals surface area contributed by atoms with Gasteiger partial charge in [-0.1, -0.05) is 30.7 Å². The van der Waals surface area contributed by atoms with E-state index in [1.54, 1.807) is 19.1 Å². The number of carbonyl (C=O) groups excluding carboxylic acids is 1. The maximum absolute atomic E-state index is 12.1. The summed E-state index contributed by atoms with van der Waals surface area (Å²) < 4.78 is 0. The highest BCUT2D eigenvalue weighted by atomic mass is 35.5. The Kier molecular flexibility index (Phi) is 5.57. The van der Waals surface area contributed by atoms with Crippen molar-refractivity contribution in [1.82, 2.24) is 15.3 Å². The predicted molar refractivity (Wildman–Crippen MR) is 87.0 cm³/mol. The lowest BCUT2D eigenvalue weighted by atomic mass is 10.2. The Morgan fingerprint density at radius 3 is 2.95 bits per heavy atom. The van der Waals surface area contributed by atoms with Crippen LogP contribution < -0.4 is 5.32 Å². The van der Waals surface area contributed by atoms with Crippen molar-refractivity contribution in [2.24, 2.45) is 0 Å². The molecule has 0 saturated heterocycles. The molecule has 0 fully saturated rings. The maximum Gasteiger partial charge on any atom is 0.271 e. The molecule has 1 heterocycles. The molecule has 22 heavy (non-hydrogen) atoms. The average Bonchev–Trinajstić information content (AvgIpc) is 2.89. The monoisotopic (exact) mass is 321 g/mol. The van der Waals surface area contributed by atoms with Crippen LogP contribution in [0.2, 0.25) is 5.02 Å². The van der Waals surface area contributed by atoms with Crippen LogP contribution in [-0.2, 0) is 0 Å². The van der Waals surface area contributed by atoms with Gasteiger partial charge in [-0.25, -0.2) is 4.98 Å². The minimum atomic E-state index is -0.386. The number of nitrogens with one attached hydrogen (secondary N) is 2. The van der Waals surface area contributed by atoms with E-state index in [9.17, 15) is 9.90 Å². The van der Waals surface area contributed by atoms with Crippen LogP contribution in [0.3, 0.4) is 0 Å². The van der Waals surface area contributed by atoms with E-state index in [-0.39, 0.29) is 12.0 Å². The Morgan fingerprint density at radius 1 is 1.50 bits per heavy atom. The second kappa shape index (κ2) is 7.42. The van der Waals surface area contributed by atoms with E-state index in [1.807, 2.05) is 19.1 Å². The lowest BCUT2D eigenvalue weighted by Crippen LogP contribution is -2.27. The lowest BCUT2D eigenvalue weighted by molar-refractivity contribution is 0.0937. The van der Waals surface area contributed by atoms with Crippen LogP contribution in [0.15, 0.2) is 24.3 Å². The van der Waals surface area contributed by atoms with Crippen LogP contribution in [0, 0.1) is 6.92 Å². The largest absolute Gasteiger partial charge is 0.393 e. The first-order valence-electron chi connectivity index (χ1n) is 7.30. The SMILES string of the molecule is CCC(O)CCNC(=O)c1nc(-c2cccc(Cl)c2)[nH]c1C. The molecule has 2 aromatic rings. The maximum atomic E-state index is 12.1. The number of aliphatic hydroxyl groups excluding tert-OH is 1. The zero-order chi connectivity index (χ0) is 16.1. The van der Waals surface area contributed by atoms with Crippen molar-refractivity contribution in [1.29, 1.82) is 0 Å². The van der Waals surface area contributed by atoms with Crippen LogP contribution in [-0.4, -0.2) is 33.6 Å². The molecule has 0 aliphatic carbocycles. The van der Waals surface area contributed by atoms with Gasteiger partial charge in [-0.05, 0) is 31.9 Å². The van der Waals surface area contributed by atoms with Crippen molar-refractivity contribution < 1.29 is 9.90 Å². The fourth-order valence-electron chi connectivity index (χ4n) is 2.09. The van der Waals surface area contributed by atoms with Gasteiger partial charge >= 0.3 is 0 Å². The molecule has 0 aliphatic heterocycles. The molecular weight excluding hydrogens is 302 g/mol. The molecule has 2 rings (SSSR count). The summed E-state index contributed by atoms with van der Waals surface area (Å²) >= 11 is 5.97. The van der Waals surface area contributed by atoms with Gasteiger partial charge in [0.15, 0.2) is 0 Å². The number of hydrogen-bond acceptors (Lipinski definition) is 3. The Hall–Kier alpha value is -1.85. The summed E-state index contributed by atoms with van der Waals surface area (Å²) in [4.78, 5) is 19.6. The first-order valence-corrected chi connectivity index (χ1v) is 7.68. The van der Waals surface area contributed by atoms with Crippen LogP contribution in [0.1, 0.15) is 35.9 Å². The second-order valence-corrected chi connectivity index (χ2v) is 5.61. The third kappa shape index (κ3) is 4.08. The van der Waals surface area contributed by atoms with Gasteiger partial charge in [0, 0.05) is 22.8 Å². The van der Waals surface area contributed by atoms with Crippen molar-refractivity contribution in [3.05, 3.63) is 40.7 Å². The van der Waals surface area contributed by atoms with Crippen molar-refractivity contribution in [2.45, 2.75) is 32.8 Å². The lowest BCUT2D eigenvalue weighted by Gasteiger charge is -2.08. The fraction of sp³-hybridized carbons (Fsp3) is 0.375. The van der Waals surface area contributed by atoms with E-state index >= 15 is 0 Å². The summed E-state index contributed by atoms with van der Waals surface area (Å²) in [6.45, 7) is 4.13. The molecule has 0 spiro atoms. The Morgan fingerprint density at radius 2 is 2.27 bits per heavy atom. The van der Waals surface area contributed by atoms with Gasteiger partial charge in [-0.2, -0.15) is 0 Å². The molecule has 0 aliphatic rings. The quantitative estimate of drug-likeness (QED) is 0.765. The molecule has 0 bridgehead atoms. The first kappa shape index (κ1) is 16.5. The van der Waals surface area contributed by atoms with Crippen LogP contribution in [0.25, 0.3) is 11.4 Å². The number of amides is 1. The number of aromatic nitrogens is 2. The summed E-state index contributed by atoms with van der Waals surface area (Å²) in [5.74, 6) is 0.365. The molecule has 5 nitrogen and oxygen atoms in total. The fourth-order valence-corrected chi connectivity index (χ4v) is 2.28. The van der Waals surface area contributed by atoms with Crippen molar-refractivity contribution in [3.63, 3.8) is 0 Å². The number of halogens is 1. The van der Waals surface area contributed by atoms with Gasteiger partial charge in [-0.15, -0.1) is 0 Å². The van der Waals surface area contributed by atoms with Gasteiger partial charge in [0.25, 0.3) is 5.91 Å². The summed E-state index contributed by atoms with van der Waals surface area (Å²) in [7, 11) is 0. The highest BCUT2D eigenvalue weighted by molar-refractivity contribution is 6.30. The number of nitrogens with zero attached hydrogens (tertiary/aromatic N) is 1. The van der Waals surface area contributed by atoms with E-state index in [4.69, 9.17) is 11.6 Å². The highest BCUT2D eigenvalue weighted by Crippen LogP contribution is 2.21. The first-order chi connectivity index (χ1) is 10.5. The summed E-state index contributed by atoms with van der Waals surface area (Å²) in [6, 6.07) is 7.29. The summed E-state index contributed by atoms with van der Waals surface area (Å²) in [5, 5.41) is 12.9. The second-order valence-electron chi connectivity index (χ2n) is 5.18. The minimum Gasteiger partial charge on any atom is -0.393 e. The number of aryl methyl sites for hydroxylation is 1. The summed E-state index contributed by atoms with van der Waals surface area (Å²) in [6.07, 6.45) is 0.825. The average molecular weight is 322 g/mol. The number of rotatable bonds is 6. The molecule has 3 N–H and O–H groups in total. The summed E-state index contributed by atoms with van der Waals surface area (Å²) in [5.41, 5.74) is 1.89. The molecule has 1 atom stereocenters. The number of carbonyl (C=O) groups is 1. The van der Waals surface area contributed by atoms with Crippen molar-refractivity contribution in [3.8, 4) is 11.4 Å². The van der Waals surface area contributed by atoms with Crippen LogP contribution in [0.5, 0.6) is 0 Å². The molecule has 1 unspecified atom stereocenters. The van der Waals surface area contributed by atoms with Gasteiger partial charge in [-0.3, -0.25) is 4.79 Å². The van der Waals surface area contributed by atoms with E-state index in [0.717, 1.165) is 5.56 Å². The molecule has 1 aromatic carbocycles. The number of benzene rings is 1. The molecule has 0 radical (unpaired) electrons. The number of aromatic amines is 1. The van der Waals surface area contributed by atoms with Crippen molar-refractivity contribution >= 4 is 17.5 Å². The Labute approximate surface area is 134 Å². The predicted octanol–water partition coefficient (Wildman–Crippen LogP) is 2.93. The topological polar surface area (TPSA) is 78.0 Å². The highest BCUT2D eigenvalue weighted by Gasteiger charge is 2.15. The molecule has 1 aromatic heterocycles. The molecule has 0 saturated carbocycles. The minimum absolute atomic E-state index is 0.245. The van der Waals surface area contributed by atoms with Crippen LogP contribution in [0.4, 0.5) is 0 Å². The van der Waals surface area contributed by atoms with E-state index in [2.05, 4.69) is 15.3 Å². The van der Waals surface area contributed by atoms with Gasteiger partial charge in [0.05, 0.1) is 6.10 Å². The number of hydrogen-bond donors (Lipinski definition) is 3. The van der Waals surface area contributed by atoms with Gasteiger partial charge in [0.2, 0.25) is 0 Å². The van der Waals surface area contributed by atoms with Crippen molar-refractivity contribution in [2.75, 3.05) is 6.54 Å². The Bertz CT molecular complexity index is 655. The molecule has 118 valence electrons. The van der Waals surface area contributed by atoms with Crippen LogP contribution >= 0.6 is 11.6 Å². The van der Waals surface area contributed by atoms with E-state index < -0.39 is 0 Å². The third-order valence-electron chi connectivity index (χ3n) is 3.43. The van der Waals surface area contributed by atoms with E-state index in [1.165, 1.54) is 0 Å². The van der Waals surface area contributed by atoms with Gasteiger partial charge < -0.3 is 15.4 Å². The normalized spacial score (nSPS) is 12.2. The van der Waals surface area contributed by atoms with Gasteiger partial charge in [0.1, 0.15) is 11.5 Å². The molecular formula is C16H20ClN3O2. The third-order valence-corrected chi connectivity index (χ3v) is 3.67. The number of imidazole rings is 1. The molecule has 1 amide bonds. The standard InChI is InChI=1S/C16H20ClN3O2/c1-3-13(21)7-8-18-16(22)14-10(2)19-15(20-14)11-5-4-6-12(17)9-11/h4-6,9,13,21H,3,7-8H2,1-2H3,(H,18,22)(H,19,20). The zero-order valence-corrected chi connectivity index (χ0v) is 13.4. The number of aliphatic hydroxyl groups is 1. The van der Waals surface area contributed by atoms with E-state index in [0.29, 0.717) is 41.6 Å². The Balaban J connectivity index is 2.08. The smallest absolute Gasteiger partial charge is 0.271 e. The molecule has 6 heteroatoms. The number of H-pyrrole nitrogens is 1.